The van der Waals surface area contributed by atoms with Crippen molar-refractivity contribution >= 4 is 22.4 Å². The van der Waals surface area contributed by atoms with Crippen molar-refractivity contribution < 1.29 is 4.79 Å². The van der Waals surface area contributed by atoms with E-state index in [1.54, 1.807) is 0 Å². The van der Waals surface area contributed by atoms with Gasteiger partial charge in [-0.2, -0.15) is 5.26 Å². The fourth-order valence-corrected chi connectivity index (χ4v) is 4.34. The van der Waals surface area contributed by atoms with Gasteiger partial charge in [-0.1, -0.05) is 26.2 Å². The molecule has 0 atom stereocenters. The molecular weight excluding hydrogens is 320 g/mol. The van der Waals surface area contributed by atoms with Crippen LogP contribution in [0.1, 0.15) is 57.6 Å². The molecule has 2 fully saturated rings. The second-order valence-corrected chi connectivity index (χ2v) is 8.17. The largest absolute Gasteiger partial charge is 0.301 e. The summed E-state index contributed by atoms with van der Waals surface area (Å²) in [7, 11) is 0. The number of hydrogen-bond acceptors (Lipinski definition) is 5. The fourth-order valence-electron chi connectivity index (χ4n) is 3.65. The van der Waals surface area contributed by atoms with Crippen LogP contribution in [-0.4, -0.2) is 28.9 Å². The normalized spacial score (nSPS) is 22.0. The number of nitrogens with one attached hydrogen (secondary N) is 1. The van der Waals surface area contributed by atoms with Crippen LogP contribution in [0.25, 0.3) is 0 Å². The zero-order valence-electron chi connectivity index (χ0n) is 14.4. The Morgan fingerprint density at radius 2 is 2.12 bits per heavy atom. The number of aromatic nitrogens is 1. The average Bonchev–Trinajstić information content (AvgIpc) is 3.04. The molecule has 1 aliphatic heterocycles. The van der Waals surface area contributed by atoms with Crippen molar-refractivity contribution in [3.8, 4) is 6.07 Å². The maximum absolute atomic E-state index is 12.6. The van der Waals surface area contributed by atoms with E-state index >= 15 is 0 Å². The Morgan fingerprint density at radius 1 is 1.42 bits per heavy atom. The maximum Gasteiger partial charge on any atom is 0.246 e. The molecule has 0 spiro atoms. The van der Waals surface area contributed by atoms with Crippen molar-refractivity contribution in [2.24, 2.45) is 11.3 Å². The lowest BCUT2D eigenvalue weighted by atomic mass is 9.74. The van der Waals surface area contributed by atoms with E-state index in [1.807, 2.05) is 5.38 Å². The van der Waals surface area contributed by atoms with Gasteiger partial charge < -0.3 is 5.32 Å². The molecule has 1 N–H and O–H groups in total. The maximum atomic E-state index is 12.6. The second kappa shape index (κ2) is 7.62. The monoisotopic (exact) mass is 346 g/mol. The molecule has 5 nitrogen and oxygen atoms in total. The molecule has 0 radical (unpaired) electrons. The minimum absolute atomic E-state index is 0.169. The van der Waals surface area contributed by atoms with Gasteiger partial charge in [0, 0.05) is 11.9 Å². The van der Waals surface area contributed by atoms with Gasteiger partial charge in [-0.05, 0) is 44.7 Å². The molecule has 2 aliphatic rings. The lowest BCUT2D eigenvalue weighted by molar-refractivity contribution is -0.124. The van der Waals surface area contributed by atoms with Crippen LogP contribution in [0.4, 0.5) is 5.13 Å². The molecule has 0 aromatic carbocycles. The standard InChI is InChI=1S/C18H26N4OS/c1-14-5-9-22(10-6-14)11-15-12-24-17(20-15)21-16(23)18(13-19)7-3-2-4-8-18/h12,14H,2-11H2,1H3,(H,20,21,23). The Labute approximate surface area is 148 Å². The summed E-state index contributed by atoms with van der Waals surface area (Å²) in [6.07, 6.45) is 6.86. The third-order valence-corrected chi connectivity index (χ3v) is 6.20. The molecule has 1 aliphatic carbocycles. The summed E-state index contributed by atoms with van der Waals surface area (Å²) in [6.45, 7) is 5.41. The van der Waals surface area contributed by atoms with Crippen LogP contribution in [0.5, 0.6) is 0 Å². The van der Waals surface area contributed by atoms with Gasteiger partial charge in [0.25, 0.3) is 0 Å². The lowest BCUT2D eigenvalue weighted by Gasteiger charge is -2.29. The van der Waals surface area contributed by atoms with Crippen LogP contribution in [0, 0.1) is 22.7 Å². The predicted molar refractivity (Wildman–Crippen MR) is 95.5 cm³/mol. The first-order valence-electron chi connectivity index (χ1n) is 9.01. The smallest absolute Gasteiger partial charge is 0.246 e. The molecule has 6 heteroatoms. The van der Waals surface area contributed by atoms with E-state index in [0.29, 0.717) is 18.0 Å². The Balaban J connectivity index is 1.57. The van der Waals surface area contributed by atoms with Crippen molar-refractivity contribution in [1.29, 1.82) is 5.26 Å². The van der Waals surface area contributed by atoms with E-state index in [-0.39, 0.29) is 5.91 Å². The molecule has 1 amide bonds. The van der Waals surface area contributed by atoms with Gasteiger partial charge in [0.1, 0.15) is 5.41 Å². The quantitative estimate of drug-likeness (QED) is 0.900. The molecule has 1 saturated carbocycles. The zero-order valence-corrected chi connectivity index (χ0v) is 15.2. The van der Waals surface area contributed by atoms with E-state index in [4.69, 9.17) is 0 Å². The van der Waals surface area contributed by atoms with Crippen molar-refractivity contribution in [3.05, 3.63) is 11.1 Å². The molecular formula is C18H26N4OS. The number of thiazole rings is 1. The number of rotatable bonds is 4. The van der Waals surface area contributed by atoms with Gasteiger partial charge in [-0.15, -0.1) is 11.3 Å². The average molecular weight is 347 g/mol. The molecule has 24 heavy (non-hydrogen) atoms. The first kappa shape index (κ1) is 17.4. The number of carbonyl (C=O) groups excluding carboxylic acids is 1. The molecule has 2 heterocycles. The number of amides is 1. The van der Waals surface area contributed by atoms with Crippen LogP contribution in [0.3, 0.4) is 0 Å². The summed E-state index contributed by atoms with van der Waals surface area (Å²) in [4.78, 5) is 19.6. The highest BCUT2D eigenvalue weighted by Gasteiger charge is 2.40. The van der Waals surface area contributed by atoms with Gasteiger partial charge >= 0.3 is 0 Å². The van der Waals surface area contributed by atoms with Gasteiger partial charge in [-0.25, -0.2) is 4.98 Å². The zero-order chi connectivity index (χ0) is 17.0. The van der Waals surface area contributed by atoms with Crippen LogP contribution in [0.2, 0.25) is 0 Å². The Bertz CT molecular complexity index is 607. The van der Waals surface area contributed by atoms with Crippen molar-refractivity contribution in [2.45, 2.75) is 58.4 Å². The SMILES string of the molecule is CC1CCN(Cc2csc(NC(=O)C3(C#N)CCCCC3)n2)CC1. The number of nitrogens with zero attached hydrogens (tertiary/aromatic N) is 3. The van der Waals surface area contributed by atoms with E-state index < -0.39 is 5.41 Å². The highest BCUT2D eigenvalue weighted by Crippen LogP contribution is 2.37. The van der Waals surface area contributed by atoms with Crippen LogP contribution in [0.15, 0.2) is 5.38 Å². The summed E-state index contributed by atoms with van der Waals surface area (Å²) in [6, 6.07) is 2.27. The summed E-state index contributed by atoms with van der Waals surface area (Å²) in [5, 5.41) is 15.0. The first-order chi connectivity index (χ1) is 11.6. The van der Waals surface area contributed by atoms with Crippen LogP contribution < -0.4 is 5.32 Å². The summed E-state index contributed by atoms with van der Waals surface area (Å²) >= 11 is 1.46. The minimum atomic E-state index is -0.854. The fraction of sp³-hybridized carbons (Fsp3) is 0.722. The van der Waals surface area contributed by atoms with Crippen molar-refractivity contribution in [3.63, 3.8) is 0 Å². The number of hydrogen-bond donors (Lipinski definition) is 1. The van der Waals surface area contributed by atoms with E-state index in [9.17, 15) is 10.1 Å². The molecule has 130 valence electrons. The van der Waals surface area contributed by atoms with E-state index in [0.717, 1.165) is 50.5 Å². The van der Waals surface area contributed by atoms with Gasteiger partial charge in [0.05, 0.1) is 11.8 Å². The first-order valence-corrected chi connectivity index (χ1v) is 9.89. The highest BCUT2D eigenvalue weighted by molar-refractivity contribution is 7.13. The van der Waals surface area contributed by atoms with Crippen molar-refractivity contribution in [1.82, 2.24) is 9.88 Å². The predicted octanol–water partition coefficient (Wildman–Crippen LogP) is 3.79. The van der Waals surface area contributed by atoms with Gasteiger partial charge in [0.15, 0.2) is 5.13 Å². The number of nitriles is 1. The van der Waals surface area contributed by atoms with Gasteiger partial charge in [0.2, 0.25) is 5.91 Å². The number of likely N-dealkylation sites (tertiary alicyclic amines) is 1. The Hall–Kier alpha value is -1.45. The van der Waals surface area contributed by atoms with Crippen LogP contribution in [-0.2, 0) is 11.3 Å². The molecule has 1 saturated heterocycles. The molecule has 0 bridgehead atoms. The molecule has 1 aromatic rings. The summed E-state index contributed by atoms with van der Waals surface area (Å²) < 4.78 is 0. The minimum Gasteiger partial charge on any atom is -0.301 e. The van der Waals surface area contributed by atoms with E-state index in [2.05, 4.69) is 28.2 Å². The topological polar surface area (TPSA) is 69.0 Å². The Morgan fingerprint density at radius 3 is 2.79 bits per heavy atom. The molecule has 1 aromatic heterocycles. The third kappa shape index (κ3) is 3.96. The Kier molecular flexibility index (Phi) is 5.52. The third-order valence-electron chi connectivity index (χ3n) is 5.39. The van der Waals surface area contributed by atoms with Gasteiger partial charge in [-0.3, -0.25) is 9.69 Å². The van der Waals surface area contributed by atoms with E-state index in [1.165, 1.54) is 24.2 Å². The summed E-state index contributed by atoms with van der Waals surface area (Å²) in [5.74, 6) is 0.654. The molecule has 0 unspecified atom stereocenters. The number of anilines is 1. The number of carbonyl (C=O) groups is 1. The van der Waals surface area contributed by atoms with Crippen LogP contribution >= 0.6 is 11.3 Å². The lowest BCUT2D eigenvalue weighted by Crippen LogP contribution is -2.36. The highest BCUT2D eigenvalue weighted by atomic mass is 32.1. The molecule has 3 rings (SSSR count). The number of piperidine rings is 1. The van der Waals surface area contributed by atoms with Crippen molar-refractivity contribution in [2.75, 3.05) is 18.4 Å². The summed E-state index contributed by atoms with van der Waals surface area (Å²) in [5.41, 5.74) is 0.159. The second-order valence-electron chi connectivity index (χ2n) is 7.31.